The number of thiazole rings is 1. The summed E-state index contributed by atoms with van der Waals surface area (Å²) in [6.45, 7) is 5.41. The number of nitrogens with zero attached hydrogens (tertiary/aromatic N) is 2. The highest BCUT2D eigenvalue weighted by molar-refractivity contribution is 7.14. The second-order valence-electron chi connectivity index (χ2n) is 7.78. The van der Waals surface area contributed by atoms with Crippen molar-refractivity contribution >= 4 is 45.6 Å². The molecule has 0 radical (unpaired) electrons. The van der Waals surface area contributed by atoms with E-state index >= 15 is 0 Å². The number of hydrogen-bond donors (Lipinski definition) is 1. The highest BCUT2D eigenvalue weighted by Gasteiger charge is 2.21. The molecule has 2 aromatic heterocycles. The molecule has 0 bridgehead atoms. The zero-order valence-corrected chi connectivity index (χ0v) is 20.2. The number of rotatable bonds is 7. The minimum absolute atomic E-state index is 0.0368. The SMILES string of the molecule is CC(=O)N(c1nc(COC(=O)c2ccc(NC(=O)c3ccco3)cc2)cs1)c1cccc(C)c1C. The molecule has 35 heavy (non-hydrogen) atoms. The van der Waals surface area contributed by atoms with E-state index in [2.05, 4.69) is 10.3 Å². The Morgan fingerprint density at radius 3 is 2.51 bits per heavy atom. The normalized spacial score (nSPS) is 10.6. The van der Waals surface area contributed by atoms with Gasteiger partial charge in [0.2, 0.25) is 5.91 Å². The second-order valence-corrected chi connectivity index (χ2v) is 8.62. The highest BCUT2D eigenvalue weighted by Crippen LogP contribution is 2.32. The summed E-state index contributed by atoms with van der Waals surface area (Å²) in [4.78, 5) is 43.0. The van der Waals surface area contributed by atoms with Crippen LogP contribution in [-0.4, -0.2) is 22.8 Å². The Morgan fingerprint density at radius 2 is 1.83 bits per heavy atom. The first-order valence-electron chi connectivity index (χ1n) is 10.8. The fraction of sp³-hybridized carbons (Fsp3) is 0.154. The topological polar surface area (TPSA) is 102 Å². The summed E-state index contributed by atoms with van der Waals surface area (Å²) < 4.78 is 10.5. The molecule has 0 fully saturated rings. The van der Waals surface area contributed by atoms with Gasteiger partial charge in [-0.1, -0.05) is 12.1 Å². The molecule has 2 amide bonds. The number of ether oxygens (including phenoxy) is 1. The average molecular weight is 490 g/mol. The number of aromatic nitrogens is 1. The molecule has 0 saturated carbocycles. The van der Waals surface area contributed by atoms with Crippen molar-refractivity contribution in [3.63, 3.8) is 0 Å². The van der Waals surface area contributed by atoms with Gasteiger partial charge < -0.3 is 14.5 Å². The third-order valence-electron chi connectivity index (χ3n) is 5.34. The van der Waals surface area contributed by atoms with E-state index in [1.807, 2.05) is 32.0 Å². The Morgan fingerprint density at radius 1 is 1.06 bits per heavy atom. The largest absolute Gasteiger partial charge is 0.459 e. The number of aryl methyl sites for hydroxylation is 1. The van der Waals surface area contributed by atoms with Crippen LogP contribution < -0.4 is 10.2 Å². The van der Waals surface area contributed by atoms with E-state index in [1.54, 1.807) is 46.7 Å². The molecular formula is C26H23N3O5S. The van der Waals surface area contributed by atoms with Crippen LogP contribution in [0.2, 0.25) is 0 Å². The summed E-state index contributed by atoms with van der Waals surface area (Å²) >= 11 is 1.30. The van der Waals surface area contributed by atoms with Crippen molar-refractivity contribution in [3.8, 4) is 0 Å². The number of nitrogens with one attached hydrogen (secondary N) is 1. The highest BCUT2D eigenvalue weighted by atomic mass is 32.1. The average Bonchev–Trinajstić information content (AvgIpc) is 3.53. The fourth-order valence-electron chi connectivity index (χ4n) is 3.36. The van der Waals surface area contributed by atoms with E-state index < -0.39 is 5.97 Å². The van der Waals surface area contributed by atoms with Crippen LogP contribution >= 0.6 is 11.3 Å². The van der Waals surface area contributed by atoms with Crippen LogP contribution in [0.25, 0.3) is 0 Å². The van der Waals surface area contributed by atoms with E-state index in [0.29, 0.717) is 22.1 Å². The van der Waals surface area contributed by atoms with Crippen LogP contribution in [-0.2, 0) is 16.1 Å². The lowest BCUT2D eigenvalue weighted by atomic mass is 10.1. The molecule has 0 saturated heterocycles. The van der Waals surface area contributed by atoms with E-state index in [0.717, 1.165) is 16.8 Å². The molecule has 0 spiro atoms. The van der Waals surface area contributed by atoms with Crippen LogP contribution in [0, 0.1) is 13.8 Å². The zero-order valence-electron chi connectivity index (χ0n) is 19.4. The molecule has 0 aliphatic carbocycles. The number of hydrogen-bond acceptors (Lipinski definition) is 7. The molecule has 0 aliphatic heterocycles. The Labute approximate surface area is 206 Å². The van der Waals surface area contributed by atoms with Gasteiger partial charge in [-0.3, -0.25) is 14.5 Å². The zero-order chi connectivity index (χ0) is 24.9. The van der Waals surface area contributed by atoms with Gasteiger partial charge in [0.25, 0.3) is 5.91 Å². The van der Waals surface area contributed by atoms with Crippen molar-refractivity contribution in [1.82, 2.24) is 4.98 Å². The van der Waals surface area contributed by atoms with Gasteiger partial charge in [-0.2, -0.15) is 0 Å². The van der Waals surface area contributed by atoms with Crippen LogP contribution in [0.5, 0.6) is 0 Å². The summed E-state index contributed by atoms with van der Waals surface area (Å²) in [6.07, 6.45) is 1.42. The first-order valence-corrected chi connectivity index (χ1v) is 11.6. The monoisotopic (exact) mass is 489 g/mol. The number of esters is 1. The molecule has 2 aromatic carbocycles. The van der Waals surface area contributed by atoms with Crippen molar-refractivity contribution in [2.24, 2.45) is 0 Å². The van der Waals surface area contributed by atoms with Crippen LogP contribution in [0.15, 0.2) is 70.7 Å². The molecule has 0 atom stereocenters. The maximum Gasteiger partial charge on any atom is 0.338 e. The quantitative estimate of drug-likeness (QED) is 0.337. The first kappa shape index (κ1) is 23.9. The van der Waals surface area contributed by atoms with Crippen molar-refractivity contribution in [2.45, 2.75) is 27.4 Å². The maximum absolute atomic E-state index is 12.5. The van der Waals surface area contributed by atoms with Gasteiger partial charge in [-0.25, -0.2) is 9.78 Å². The van der Waals surface area contributed by atoms with Crippen LogP contribution in [0.4, 0.5) is 16.5 Å². The van der Waals surface area contributed by atoms with E-state index in [-0.39, 0.29) is 24.2 Å². The summed E-state index contributed by atoms with van der Waals surface area (Å²) in [5.41, 5.74) is 4.23. The van der Waals surface area contributed by atoms with Gasteiger partial charge in [0.15, 0.2) is 10.9 Å². The molecule has 0 aliphatic rings. The summed E-state index contributed by atoms with van der Waals surface area (Å²) in [5.74, 6) is -0.876. The third kappa shape index (κ3) is 5.47. The fourth-order valence-corrected chi connectivity index (χ4v) is 4.23. The minimum atomic E-state index is -0.526. The van der Waals surface area contributed by atoms with E-state index in [9.17, 15) is 14.4 Å². The van der Waals surface area contributed by atoms with Crippen molar-refractivity contribution < 1.29 is 23.5 Å². The van der Waals surface area contributed by atoms with Gasteiger partial charge in [0.05, 0.1) is 23.2 Å². The number of benzene rings is 2. The third-order valence-corrected chi connectivity index (χ3v) is 6.21. The Kier molecular flexibility index (Phi) is 7.07. The maximum atomic E-state index is 12.5. The molecule has 8 nitrogen and oxygen atoms in total. The molecule has 4 aromatic rings. The lowest BCUT2D eigenvalue weighted by Gasteiger charge is -2.21. The predicted octanol–water partition coefficient (Wildman–Crippen LogP) is 5.65. The summed E-state index contributed by atoms with van der Waals surface area (Å²) in [5, 5.41) is 4.96. The lowest BCUT2D eigenvalue weighted by Crippen LogP contribution is -2.23. The second kappa shape index (κ2) is 10.4. The molecule has 4 rings (SSSR count). The van der Waals surface area contributed by atoms with Crippen molar-refractivity contribution in [3.05, 3.63) is 94.4 Å². The lowest BCUT2D eigenvalue weighted by molar-refractivity contribution is -0.115. The molecule has 2 heterocycles. The Hall–Kier alpha value is -4.24. The molecular weight excluding hydrogens is 466 g/mol. The summed E-state index contributed by atoms with van der Waals surface area (Å²) in [7, 11) is 0. The van der Waals surface area contributed by atoms with Crippen molar-refractivity contribution in [1.29, 1.82) is 0 Å². The van der Waals surface area contributed by atoms with Gasteiger partial charge in [-0.05, 0) is 67.4 Å². The standard InChI is InChI=1S/C26H23N3O5S/c1-16-6-4-7-22(17(16)2)29(18(3)30)26-28-21(15-35-26)14-34-25(32)19-9-11-20(12-10-19)27-24(31)23-8-5-13-33-23/h4-13,15H,14H2,1-3H3,(H,27,31). The molecule has 1 N–H and O–H groups in total. The minimum Gasteiger partial charge on any atom is -0.459 e. The number of amides is 2. The van der Waals surface area contributed by atoms with Gasteiger partial charge >= 0.3 is 5.97 Å². The van der Waals surface area contributed by atoms with E-state index in [4.69, 9.17) is 9.15 Å². The number of furan rings is 1. The van der Waals surface area contributed by atoms with Gasteiger partial charge in [-0.15, -0.1) is 11.3 Å². The van der Waals surface area contributed by atoms with Crippen LogP contribution in [0.1, 0.15) is 44.7 Å². The van der Waals surface area contributed by atoms with E-state index in [1.165, 1.54) is 24.5 Å². The number of carbonyl (C=O) groups is 3. The molecule has 0 unspecified atom stereocenters. The van der Waals surface area contributed by atoms with Crippen molar-refractivity contribution in [2.75, 3.05) is 10.2 Å². The van der Waals surface area contributed by atoms with Crippen LogP contribution in [0.3, 0.4) is 0 Å². The predicted molar refractivity (Wildman–Crippen MR) is 133 cm³/mol. The van der Waals surface area contributed by atoms with Gasteiger partial charge in [0.1, 0.15) is 6.61 Å². The first-order chi connectivity index (χ1) is 16.8. The smallest absolute Gasteiger partial charge is 0.338 e. The summed E-state index contributed by atoms with van der Waals surface area (Å²) in [6, 6.07) is 15.3. The Balaban J connectivity index is 1.39. The number of carbonyl (C=O) groups excluding carboxylic acids is 3. The molecule has 9 heteroatoms. The van der Waals surface area contributed by atoms with Gasteiger partial charge in [0, 0.05) is 18.0 Å². The Bertz CT molecular complexity index is 1360. The number of anilines is 3. The molecule has 178 valence electrons.